The molecule has 0 aliphatic heterocycles. The van der Waals surface area contributed by atoms with Crippen LogP contribution >= 0.6 is 11.3 Å². The van der Waals surface area contributed by atoms with E-state index in [1.54, 1.807) is 17.4 Å². The van der Waals surface area contributed by atoms with Crippen molar-refractivity contribution in [2.45, 2.75) is 32.7 Å². The summed E-state index contributed by atoms with van der Waals surface area (Å²) in [6.07, 6.45) is 1.88. The smallest absolute Gasteiger partial charge is 0.270 e. The maximum Gasteiger partial charge on any atom is 0.270 e. The van der Waals surface area contributed by atoms with Gasteiger partial charge in [-0.1, -0.05) is 26.0 Å². The SMILES string of the molecule is CCCNc1cccc(C(=O)NC(CC)c2cccs2)n1. The number of thiophene rings is 1. The van der Waals surface area contributed by atoms with Gasteiger partial charge in [-0.15, -0.1) is 11.3 Å². The molecule has 4 nitrogen and oxygen atoms in total. The molecule has 0 bridgehead atoms. The molecule has 1 unspecified atom stereocenters. The van der Waals surface area contributed by atoms with Gasteiger partial charge in [0.25, 0.3) is 5.91 Å². The number of anilines is 1. The maximum absolute atomic E-state index is 12.3. The van der Waals surface area contributed by atoms with Gasteiger partial charge in [0.15, 0.2) is 0 Å². The van der Waals surface area contributed by atoms with Crippen LogP contribution in [0.25, 0.3) is 0 Å². The Morgan fingerprint density at radius 1 is 1.29 bits per heavy atom. The number of rotatable bonds is 7. The van der Waals surface area contributed by atoms with E-state index in [1.165, 1.54) is 4.88 Å². The third kappa shape index (κ3) is 4.29. The van der Waals surface area contributed by atoms with Gasteiger partial charge in [-0.25, -0.2) is 4.98 Å². The molecular weight excluding hydrogens is 282 g/mol. The second-order valence-corrected chi connectivity index (χ2v) is 5.76. The number of hydrogen-bond donors (Lipinski definition) is 2. The highest BCUT2D eigenvalue weighted by Crippen LogP contribution is 2.22. The quantitative estimate of drug-likeness (QED) is 0.817. The lowest BCUT2D eigenvalue weighted by Crippen LogP contribution is -2.28. The van der Waals surface area contributed by atoms with Gasteiger partial charge in [-0.05, 0) is 36.4 Å². The van der Waals surface area contributed by atoms with Crippen LogP contribution in [0.2, 0.25) is 0 Å². The molecule has 2 rings (SSSR count). The highest BCUT2D eigenvalue weighted by Gasteiger charge is 2.15. The summed E-state index contributed by atoms with van der Waals surface area (Å²) in [5.41, 5.74) is 0.450. The van der Waals surface area contributed by atoms with Crippen molar-refractivity contribution in [2.24, 2.45) is 0 Å². The Morgan fingerprint density at radius 2 is 2.14 bits per heavy atom. The normalized spacial score (nSPS) is 11.9. The molecule has 0 fully saturated rings. The van der Waals surface area contributed by atoms with E-state index in [9.17, 15) is 4.79 Å². The molecule has 2 aromatic heterocycles. The predicted molar refractivity (Wildman–Crippen MR) is 87.8 cm³/mol. The summed E-state index contributed by atoms with van der Waals surface area (Å²) in [6, 6.07) is 9.57. The van der Waals surface area contributed by atoms with Crippen molar-refractivity contribution in [3.8, 4) is 0 Å². The number of hydrogen-bond acceptors (Lipinski definition) is 4. The standard InChI is InChI=1S/C16H21N3OS/c1-3-10-17-15-9-5-7-13(18-15)16(20)19-12(4-2)14-8-6-11-21-14/h5-9,11-12H,3-4,10H2,1-2H3,(H,17,18)(H,19,20). The minimum absolute atomic E-state index is 0.0477. The lowest BCUT2D eigenvalue weighted by atomic mass is 10.2. The average molecular weight is 303 g/mol. The van der Waals surface area contributed by atoms with Gasteiger partial charge in [0, 0.05) is 11.4 Å². The van der Waals surface area contributed by atoms with E-state index >= 15 is 0 Å². The van der Waals surface area contributed by atoms with E-state index in [4.69, 9.17) is 0 Å². The minimum atomic E-state index is -0.129. The number of nitrogens with one attached hydrogen (secondary N) is 2. The van der Waals surface area contributed by atoms with E-state index in [1.807, 2.05) is 29.6 Å². The largest absolute Gasteiger partial charge is 0.370 e. The van der Waals surface area contributed by atoms with Crippen molar-refractivity contribution in [3.05, 3.63) is 46.3 Å². The summed E-state index contributed by atoms with van der Waals surface area (Å²) < 4.78 is 0. The molecular formula is C16H21N3OS. The Kier molecular flexibility index (Phi) is 5.75. The van der Waals surface area contributed by atoms with Crippen LogP contribution < -0.4 is 10.6 Å². The molecule has 1 amide bonds. The molecule has 112 valence electrons. The highest BCUT2D eigenvalue weighted by atomic mass is 32.1. The average Bonchev–Trinajstić information content (AvgIpc) is 3.04. The maximum atomic E-state index is 12.3. The van der Waals surface area contributed by atoms with Crippen LogP contribution in [0.15, 0.2) is 35.7 Å². The summed E-state index contributed by atoms with van der Waals surface area (Å²) in [6.45, 7) is 5.01. The van der Waals surface area contributed by atoms with Crippen LogP contribution in [0.1, 0.15) is 48.1 Å². The van der Waals surface area contributed by atoms with E-state index in [2.05, 4.69) is 29.5 Å². The Balaban J connectivity index is 2.05. The third-order valence-corrected chi connectivity index (χ3v) is 4.12. The Morgan fingerprint density at radius 3 is 2.81 bits per heavy atom. The number of amides is 1. The van der Waals surface area contributed by atoms with Gasteiger partial charge in [0.05, 0.1) is 6.04 Å². The fourth-order valence-corrected chi connectivity index (χ4v) is 2.87. The summed E-state index contributed by atoms with van der Waals surface area (Å²) in [5, 5.41) is 8.27. The second kappa shape index (κ2) is 7.78. The fourth-order valence-electron chi connectivity index (χ4n) is 2.01. The molecule has 0 spiro atoms. The summed E-state index contributed by atoms with van der Waals surface area (Å²) in [7, 11) is 0. The molecule has 2 N–H and O–H groups in total. The van der Waals surface area contributed by atoms with Gasteiger partial charge in [-0.3, -0.25) is 4.79 Å². The van der Waals surface area contributed by atoms with Crippen LogP contribution in [-0.2, 0) is 0 Å². The Hall–Kier alpha value is -1.88. The molecule has 0 aliphatic rings. The molecule has 0 radical (unpaired) electrons. The first kappa shape index (κ1) is 15.5. The number of carbonyl (C=O) groups excluding carboxylic acids is 1. The first-order valence-corrected chi connectivity index (χ1v) is 8.17. The van der Waals surface area contributed by atoms with E-state index < -0.39 is 0 Å². The van der Waals surface area contributed by atoms with Gasteiger partial charge >= 0.3 is 0 Å². The third-order valence-electron chi connectivity index (χ3n) is 3.14. The van der Waals surface area contributed by atoms with Crippen LogP contribution in [0, 0.1) is 0 Å². The molecule has 5 heteroatoms. The van der Waals surface area contributed by atoms with Crippen LogP contribution in [0.5, 0.6) is 0 Å². The summed E-state index contributed by atoms with van der Waals surface area (Å²) in [4.78, 5) is 17.9. The van der Waals surface area contributed by atoms with Crippen molar-refractivity contribution < 1.29 is 4.79 Å². The topological polar surface area (TPSA) is 54.0 Å². The molecule has 1 atom stereocenters. The Bertz CT molecular complexity index is 569. The van der Waals surface area contributed by atoms with E-state index in [0.717, 1.165) is 25.2 Å². The van der Waals surface area contributed by atoms with Crippen LogP contribution in [0.4, 0.5) is 5.82 Å². The number of nitrogens with zero attached hydrogens (tertiary/aromatic N) is 1. The van der Waals surface area contributed by atoms with Gasteiger partial charge < -0.3 is 10.6 Å². The molecule has 2 heterocycles. The lowest BCUT2D eigenvalue weighted by molar-refractivity contribution is 0.0931. The zero-order valence-electron chi connectivity index (χ0n) is 12.4. The molecule has 0 aromatic carbocycles. The number of pyridine rings is 1. The predicted octanol–water partition coefficient (Wildman–Crippen LogP) is 3.85. The van der Waals surface area contributed by atoms with Crippen molar-refractivity contribution in [2.75, 3.05) is 11.9 Å². The molecule has 0 saturated heterocycles. The van der Waals surface area contributed by atoms with Crippen molar-refractivity contribution >= 4 is 23.1 Å². The van der Waals surface area contributed by atoms with Crippen molar-refractivity contribution in [3.63, 3.8) is 0 Å². The van der Waals surface area contributed by atoms with Crippen molar-refractivity contribution in [1.29, 1.82) is 0 Å². The molecule has 21 heavy (non-hydrogen) atoms. The van der Waals surface area contributed by atoms with E-state index in [-0.39, 0.29) is 11.9 Å². The van der Waals surface area contributed by atoms with Gasteiger partial charge in [0.2, 0.25) is 0 Å². The van der Waals surface area contributed by atoms with E-state index in [0.29, 0.717) is 5.69 Å². The number of carbonyl (C=O) groups is 1. The first-order chi connectivity index (χ1) is 10.2. The van der Waals surface area contributed by atoms with Crippen LogP contribution in [0.3, 0.4) is 0 Å². The highest BCUT2D eigenvalue weighted by molar-refractivity contribution is 7.10. The molecule has 2 aromatic rings. The zero-order valence-corrected chi connectivity index (χ0v) is 13.2. The second-order valence-electron chi connectivity index (χ2n) is 4.78. The minimum Gasteiger partial charge on any atom is -0.370 e. The summed E-state index contributed by atoms with van der Waals surface area (Å²) >= 11 is 1.66. The van der Waals surface area contributed by atoms with Gasteiger partial charge in [0.1, 0.15) is 11.5 Å². The first-order valence-electron chi connectivity index (χ1n) is 7.29. The number of aromatic nitrogens is 1. The summed E-state index contributed by atoms with van der Waals surface area (Å²) in [5.74, 6) is 0.615. The van der Waals surface area contributed by atoms with Crippen LogP contribution in [-0.4, -0.2) is 17.4 Å². The lowest BCUT2D eigenvalue weighted by Gasteiger charge is -2.15. The zero-order chi connectivity index (χ0) is 15.1. The molecule has 0 saturated carbocycles. The van der Waals surface area contributed by atoms with Gasteiger partial charge in [-0.2, -0.15) is 0 Å². The molecule has 0 aliphatic carbocycles. The Labute approximate surface area is 129 Å². The monoisotopic (exact) mass is 303 g/mol. The fraction of sp³-hybridized carbons (Fsp3) is 0.375. The van der Waals surface area contributed by atoms with Crippen molar-refractivity contribution in [1.82, 2.24) is 10.3 Å².